The largest absolute Gasteiger partial charge is 0.469 e. The smallest absolute Gasteiger partial charge is 0.315 e. The highest BCUT2D eigenvalue weighted by molar-refractivity contribution is 5.74. The van der Waals surface area contributed by atoms with Crippen LogP contribution in [0.1, 0.15) is 41.6 Å². The number of fused-ring (bicyclic) bond motifs is 1. The molecule has 6 nitrogen and oxygen atoms in total. The predicted molar refractivity (Wildman–Crippen MR) is 102 cm³/mol. The Hall–Kier alpha value is -3.02. The number of carbonyl (C=O) groups is 1. The Morgan fingerprint density at radius 3 is 3.04 bits per heavy atom. The molecule has 4 rings (SSSR count). The summed E-state index contributed by atoms with van der Waals surface area (Å²) in [4.78, 5) is 16.7. The van der Waals surface area contributed by atoms with E-state index in [1.807, 2.05) is 30.5 Å². The molecule has 140 valence electrons. The number of aryl methyl sites for hydroxylation is 1. The molecule has 2 N–H and O–H groups in total. The van der Waals surface area contributed by atoms with Gasteiger partial charge in [0.2, 0.25) is 0 Å². The van der Waals surface area contributed by atoms with Crippen LogP contribution in [0.5, 0.6) is 0 Å². The van der Waals surface area contributed by atoms with Gasteiger partial charge in [-0.1, -0.05) is 30.3 Å². The summed E-state index contributed by atoms with van der Waals surface area (Å²) < 4.78 is 7.60. The van der Waals surface area contributed by atoms with Crippen molar-refractivity contribution in [2.24, 2.45) is 0 Å². The molecule has 0 saturated carbocycles. The number of aromatic nitrogens is 2. The van der Waals surface area contributed by atoms with Crippen molar-refractivity contribution in [3.8, 4) is 0 Å². The molecule has 1 aliphatic carbocycles. The molecule has 1 unspecified atom stereocenters. The van der Waals surface area contributed by atoms with Crippen molar-refractivity contribution in [1.29, 1.82) is 0 Å². The molecule has 0 aliphatic heterocycles. The Kier molecular flexibility index (Phi) is 5.23. The molecule has 1 atom stereocenters. The Balaban J connectivity index is 1.27. The van der Waals surface area contributed by atoms with Crippen LogP contribution >= 0.6 is 0 Å². The Labute approximate surface area is 158 Å². The van der Waals surface area contributed by atoms with Crippen LogP contribution in [-0.2, 0) is 19.4 Å². The van der Waals surface area contributed by atoms with Gasteiger partial charge in [0.1, 0.15) is 11.6 Å². The Morgan fingerprint density at radius 2 is 2.15 bits per heavy atom. The van der Waals surface area contributed by atoms with Crippen molar-refractivity contribution in [1.82, 2.24) is 20.2 Å². The first-order valence-corrected chi connectivity index (χ1v) is 9.44. The first kappa shape index (κ1) is 17.4. The summed E-state index contributed by atoms with van der Waals surface area (Å²) in [6.07, 6.45) is 9.10. The molecule has 1 aliphatic rings. The van der Waals surface area contributed by atoms with Crippen molar-refractivity contribution in [3.05, 3.63) is 77.8 Å². The van der Waals surface area contributed by atoms with Gasteiger partial charge in [0.25, 0.3) is 0 Å². The molecular formula is C21H24N4O2. The summed E-state index contributed by atoms with van der Waals surface area (Å²) in [5.74, 6) is 1.96. The summed E-state index contributed by atoms with van der Waals surface area (Å²) in [5.41, 5.74) is 2.34. The maximum atomic E-state index is 12.3. The number of imidazole rings is 1. The van der Waals surface area contributed by atoms with E-state index in [1.54, 1.807) is 12.5 Å². The van der Waals surface area contributed by atoms with Crippen molar-refractivity contribution in [2.75, 3.05) is 6.54 Å². The highest BCUT2D eigenvalue weighted by Gasteiger charge is 2.23. The second-order valence-corrected chi connectivity index (χ2v) is 6.85. The maximum absolute atomic E-state index is 12.3. The van der Waals surface area contributed by atoms with Crippen LogP contribution in [0.25, 0.3) is 0 Å². The third kappa shape index (κ3) is 4.22. The number of urea groups is 1. The van der Waals surface area contributed by atoms with Crippen LogP contribution in [0.4, 0.5) is 4.79 Å². The minimum atomic E-state index is -0.143. The molecule has 2 aromatic heterocycles. The number of nitrogens with one attached hydrogen (secondary N) is 2. The van der Waals surface area contributed by atoms with Gasteiger partial charge in [0, 0.05) is 43.9 Å². The van der Waals surface area contributed by atoms with Crippen molar-refractivity contribution >= 4 is 6.03 Å². The van der Waals surface area contributed by atoms with Crippen LogP contribution in [-0.4, -0.2) is 22.1 Å². The fourth-order valence-corrected chi connectivity index (χ4v) is 3.63. The number of rotatable bonds is 6. The summed E-state index contributed by atoms with van der Waals surface area (Å²) in [5, 5.41) is 6.01. The van der Waals surface area contributed by atoms with E-state index in [1.165, 1.54) is 5.56 Å². The van der Waals surface area contributed by atoms with E-state index >= 15 is 0 Å². The molecular weight excluding hydrogens is 340 g/mol. The number of furan rings is 1. The van der Waals surface area contributed by atoms with Gasteiger partial charge in [-0.3, -0.25) is 0 Å². The molecule has 0 fully saturated rings. The first-order chi connectivity index (χ1) is 13.3. The van der Waals surface area contributed by atoms with Gasteiger partial charge in [-0.05, 0) is 24.5 Å². The molecule has 0 spiro atoms. The fraction of sp³-hybridized carbons (Fsp3) is 0.333. The quantitative estimate of drug-likeness (QED) is 0.704. The Bertz CT molecular complexity index is 884. The van der Waals surface area contributed by atoms with Crippen LogP contribution in [0.2, 0.25) is 0 Å². The van der Waals surface area contributed by atoms with Crippen LogP contribution in [0, 0.1) is 0 Å². The lowest BCUT2D eigenvalue weighted by Gasteiger charge is -2.22. The summed E-state index contributed by atoms with van der Waals surface area (Å²) >= 11 is 0. The average Bonchev–Trinajstić information content (AvgIpc) is 3.33. The van der Waals surface area contributed by atoms with Crippen LogP contribution < -0.4 is 10.6 Å². The molecule has 3 aromatic rings. The predicted octanol–water partition coefficient (Wildman–Crippen LogP) is 3.44. The molecule has 1 aromatic carbocycles. The fourth-order valence-electron chi connectivity index (χ4n) is 3.63. The van der Waals surface area contributed by atoms with E-state index in [-0.39, 0.29) is 12.1 Å². The number of benzene rings is 1. The molecule has 2 amide bonds. The summed E-state index contributed by atoms with van der Waals surface area (Å²) in [7, 11) is 0. The van der Waals surface area contributed by atoms with Gasteiger partial charge in [0.05, 0.1) is 12.3 Å². The molecule has 2 heterocycles. The lowest BCUT2D eigenvalue weighted by molar-refractivity contribution is 0.235. The third-order valence-corrected chi connectivity index (χ3v) is 4.99. The van der Waals surface area contributed by atoms with Crippen molar-refractivity contribution in [3.63, 3.8) is 0 Å². The Morgan fingerprint density at radius 1 is 1.26 bits per heavy atom. The minimum absolute atomic E-state index is 0.0348. The van der Waals surface area contributed by atoms with E-state index in [0.717, 1.165) is 43.0 Å². The van der Waals surface area contributed by atoms with Gasteiger partial charge in [-0.15, -0.1) is 0 Å². The number of hydrogen-bond donors (Lipinski definition) is 2. The molecule has 27 heavy (non-hydrogen) atoms. The van der Waals surface area contributed by atoms with Gasteiger partial charge < -0.3 is 19.6 Å². The van der Waals surface area contributed by atoms with Crippen molar-refractivity contribution < 1.29 is 9.21 Å². The second-order valence-electron chi connectivity index (χ2n) is 6.85. The second kappa shape index (κ2) is 8.12. The molecule has 0 bridgehead atoms. The number of hydrogen-bond acceptors (Lipinski definition) is 3. The standard InChI is InChI=1S/C21H24N4O2/c26-21(24-18-7-4-8-19-17(18)10-14-27-19)23-11-9-20-22-12-13-25(20)15-16-5-2-1-3-6-16/h1-3,5-6,10,12-14,18H,4,7-9,11,15H2,(H2,23,24,26). The first-order valence-electron chi connectivity index (χ1n) is 9.44. The molecule has 6 heteroatoms. The lowest BCUT2D eigenvalue weighted by atomic mass is 9.93. The van der Waals surface area contributed by atoms with Gasteiger partial charge in [-0.2, -0.15) is 0 Å². The van der Waals surface area contributed by atoms with Gasteiger partial charge >= 0.3 is 6.03 Å². The summed E-state index contributed by atoms with van der Waals surface area (Å²) in [6, 6.07) is 12.1. The number of amides is 2. The van der Waals surface area contributed by atoms with Gasteiger partial charge in [0.15, 0.2) is 0 Å². The molecule has 0 saturated heterocycles. The highest BCUT2D eigenvalue weighted by atomic mass is 16.3. The number of nitrogens with zero attached hydrogens (tertiary/aromatic N) is 2. The normalized spacial score (nSPS) is 15.9. The SMILES string of the molecule is O=C(NCCc1nccn1Cc1ccccc1)NC1CCCc2occc21. The van der Waals surface area contributed by atoms with E-state index in [2.05, 4.69) is 32.3 Å². The van der Waals surface area contributed by atoms with Crippen LogP contribution in [0.15, 0.2) is 59.5 Å². The third-order valence-electron chi connectivity index (χ3n) is 4.99. The minimum Gasteiger partial charge on any atom is -0.469 e. The average molecular weight is 364 g/mol. The lowest BCUT2D eigenvalue weighted by Crippen LogP contribution is -2.39. The zero-order chi connectivity index (χ0) is 18.5. The van der Waals surface area contributed by atoms with E-state index in [0.29, 0.717) is 13.0 Å². The monoisotopic (exact) mass is 364 g/mol. The molecule has 0 radical (unpaired) electrons. The zero-order valence-electron chi connectivity index (χ0n) is 15.2. The maximum Gasteiger partial charge on any atom is 0.315 e. The number of carbonyl (C=O) groups excluding carboxylic acids is 1. The van der Waals surface area contributed by atoms with E-state index < -0.39 is 0 Å². The van der Waals surface area contributed by atoms with Gasteiger partial charge in [-0.25, -0.2) is 9.78 Å². The van der Waals surface area contributed by atoms with Crippen molar-refractivity contribution in [2.45, 2.75) is 38.3 Å². The van der Waals surface area contributed by atoms with E-state index in [9.17, 15) is 4.79 Å². The highest BCUT2D eigenvalue weighted by Crippen LogP contribution is 2.30. The van der Waals surface area contributed by atoms with E-state index in [4.69, 9.17) is 4.42 Å². The zero-order valence-corrected chi connectivity index (χ0v) is 15.2. The summed E-state index contributed by atoms with van der Waals surface area (Å²) in [6.45, 7) is 1.33. The topological polar surface area (TPSA) is 72.1 Å². The van der Waals surface area contributed by atoms with Crippen LogP contribution in [0.3, 0.4) is 0 Å².